The minimum atomic E-state index is 2.12. The van der Waals surface area contributed by atoms with Gasteiger partial charge in [0.25, 0.3) is 0 Å². The first-order valence-corrected chi connectivity index (χ1v) is 1.60. The quantitative estimate of drug-likeness (QED) is 0.226. The molecule has 0 N–H and O–H groups in total. The van der Waals surface area contributed by atoms with Crippen LogP contribution in [0.1, 0.15) is 0 Å². The van der Waals surface area contributed by atoms with Crippen molar-refractivity contribution in [2.75, 3.05) is 0 Å². The normalized spacial score (nSPS) is 2.75. The van der Waals surface area contributed by atoms with Crippen molar-refractivity contribution >= 4 is 20.5 Å². The van der Waals surface area contributed by atoms with Crippen LogP contribution in [0, 0.1) is 12.3 Å². The van der Waals surface area contributed by atoms with Gasteiger partial charge in [-0.2, -0.15) is 0 Å². The van der Waals surface area contributed by atoms with E-state index in [1.54, 1.807) is 0 Å². The molecule has 0 aliphatic heterocycles. The molecule has 0 bridgehead atoms. The van der Waals surface area contributed by atoms with Crippen molar-refractivity contribution in [3.63, 3.8) is 0 Å². The zero-order valence-electron chi connectivity index (χ0n) is 1.99. The first kappa shape index (κ1) is 3.86. The number of hydrogen-bond donors (Lipinski definition) is 0. The van der Waals surface area contributed by atoms with Gasteiger partial charge in [0, 0.05) is 0 Å². The summed E-state index contributed by atoms with van der Waals surface area (Å²) < 4.78 is 0. The second kappa shape index (κ2) is 2.86. The van der Waals surface area contributed by atoms with Crippen molar-refractivity contribution in [3.8, 4) is 12.3 Å². The van der Waals surface area contributed by atoms with Gasteiger partial charge >= 0.3 is 32.8 Å². The Morgan fingerprint density at radius 3 is 2.25 bits per heavy atom. The third kappa shape index (κ3) is 1.86. The number of rotatable bonds is 0. The van der Waals surface area contributed by atoms with E-state index in [9.17, 15) is 0 Å². The van der Waals surface area contributed by atoms with Crippen LogP contribution in [0.3, 0.4) is 0 Å². The van der Waals surface area contributed by atoms with Gasteiger partial charge in [0.1, 0.15) is 0 Å². The zero-order chi connectivity index (χ0) is 3.41. The molecule has 0 atom stereocenters. The van der Waals surface area contributed by atoms with Gasteiger partial charge in [-0.25, -0.2) is 0 Å². The Labute approximate surface area is 33.6 Å². The molecule has 0 aliphatic rings. The number of hydrogen-bond acceptors (Lipinski definition) is 0. The van der Waals surface area contributed by atoms with E-state index in [4.69, 9.17) is 0 Å². The first-order chi connectivity index (χ1) is 1.91. The van der Waals surface area contributed by atoms with Crippen molar-refractivity contribution in [2.45, 2.75) is 0 Å². The SMILES string of the molecule is C#C[C+]=[Se]. The third-order valence-corrected chi connectivity index (χ3v) is 0.306. The van der Waals surface area contributed by atoms with E-state index in [1.165, 1.54) is 0 Å². The molecule has 0 aromatic carbocycles. The molecule has 0 saturated carbocycles. The molecule has 1 heteroatoms. The summed E-state index contributed by atoms with van der Waals surface area (Å²) in [6.45, 7) is 0. The Hall–Kier alpha value is -0.141. The number of terminal acetylenes is 1. The van der Waals surface area contributed by atoms with Crippen LogP contribution in [0.2, 0.25) is 0 Å². The summed E-state index contributed by atoms with van der Waals surface area (Å²) in [6.07, 6.45) is 4.64. The fourth-order valence-electron chi connectivity index (χ4n) is 0. The first-order valence-electron chi connectivity index (χ1n) is 0.743. The van der Waals surface area contributed by atoms with Crippen LogP contribution in [0.4, 0.5) is 0 Å². The summed E-state index contributed by atoms with van der Waals surface area (Å²) in [5.41, 5.74) is 0. The van der Waals surface area contributed by atoms with Gasteiger partial charge in [0.2, 0.25) is 0 Å². The molecule has 0 saturated heterocycles. The van der Waals surface area contributed by atoms with Gasteiger partial charge in [0.05, 0.1) is 0 Å². The van der Waals surface area contributed by atoms with Gasteiger partial charge in [-0.3, -0.25) is 0 Å². The second-order valence-electron chi connectivity index (χ2n) is 0.246. The Morgan fingerprint density at radius 2 is 2.25 bits per heavy atom. The predicted octanol–water partition coefficient (Wildman–Crippen LogP) is -0.533. The molecule has 0 nitrogen and oxygen atoms in total. The molecule has 18 valence electrons. The Bertz CT molecular complexity index is 48.8. The van der Waals surface area contributed by atoms with Gasteiger partial charge < -0.3 is 0 Å². The van der Waals surface area contributed by atoms with Crippen LogP contribution in [-0.2, 0) is 0 Å². The molecule has 0 fully saturated rings. The molecule has 0 heterocycles. The van der Waals surface area contributed by atoms with Crippen molar-refractivity contribution in [2.24, 2.45) is 0 Å². The molecule has 0 rings (SSSR count). The summed E-state index contributed by atoms with van der Waals surface area (Å²) in [6, 6.07) is 0. The van der Waals surface area contributed by atoms with Crippen LogP contribution in [0.25, 0.3) is 0 Å². The van der Waals surface area contributed by atoms with E-state index in [2.05, 4.69) is 32.8 Å². The molecule has 0 aromatic heterocycles. The standard InChI is InChI=1S/C3HSe/c1-2-3-4/h1H/q+1. The van der Waals surface area contributed by atoms with Crippen LogP contribution in [0.5, 0.6) is 0 Å². The van der Waals surface area contributed by atoms with Gasteiger partial charge in [-0.15, -0.1) is 0 Å². The van der Waals surface area contributed by atoms with Crippen LogP contribution in [-0.4, -0.2) is 20.5 Å². The maximum atomic E-state index is 4.64. The van der Waals surface area contributed by atoms with Gasteiger partial charge in [0.15, 0.2) is 0 Å². The Morgan fingerprint density at radius 1 is 2.00 bits per heavy atom. The summed E-state index contributed by atoms with van der Waals surface area (Å²) in [7, 11) is 0. The Kier molecular flexibility index (Phi) is 2.76. The van der Waals surface area contributed by atoms with E-state index >= 15 is 0 Å². The molecule has 0 spiro atoms. The molecule has 0 unspecified atom stereocenters. The van der Waals surface area contributed by atoms with Crippen LogP contribution in [0.15, 0.2) is 0 Å². The van der Waals surface area contributed by atoms with Crippen molar-refractivity contribution in [3.05, 3.63) is 0 Å². The zero-order valence-corrected chi connectivity index (χ0v) is 3.70. The average Bonchev–Trinajstić information content (AvgIpc) is 1.37. The van der Waals surface area contributed by atoms with Crippen molar-refractivity contribution in [1.29, 1.82) is 0 Å². The summed E-state index contributed by atoms with van der Waals surface area (Å²) in [5, 5.41) is 0. The van der Waals surface area contributed by atoms with Crippen LogP contribution >= 0.6 is 0 Å². The average molecular weight is 116 g/mol. The monoisotopic (exact) mass is 117 g/mol. The van der Waals surface area contributed by atoms with Gasteiger partial charge in [-0.1, -0.05) is 0 Å². The van der Waals surface area contributed by atoms with Crippen molar-refractivity contribution < 1.29 is 0 Å². The molecule has 0 aromatic rings. The molecular weight excluding hydrogens is 115 g/mol. The maximum absolute atomic E-state index is 4.64. The minimum absolute atomic E-state index is 2.12. The second-order valence-corrected chi connectivity index (χ2v) is 0.675. The summed E-state index contributed by atoms with van der Waals surface area (Å²) in [4.78, 5) is 2.33. The van der Waals surface area contributed by atoms with E-state index in [-0.39, 0.29) is 0 Å². The van der Waals surface area contributed by atoms with Crippen LogP contribution < -0.4 is 0 Å². The van der Waals surface area contributed by atoms with E-state index in [1.807, 2.05) is 0 Å². The van der Waals surface area contributed by atoms with Gasteiger partial charge in [-0.05, 0) is 0 Å². The van der Waals surface area contributed by atoms with E-state index < -0.39 is 0 Å². The molecule has 0 aliphatic carbocycles. The topological polar surface area (TPSA) is 0 Å². The fraction of sp³-hybridized carbons (Fsp3) is 0. The molecule has 0 radical (unpaired) electrons. The summed E-state index contributed by atoms with van der Waals surface area (Å²) in [5.74, 6) is 2.12. The van der Waals surface area contributed by atoms with E-state index in [0.29, 0.717) is 0 Å². The third-order valence-electron chi connectivity index (χ3n) is 0.0589. The fourth-order valence-corrected chi connectivity index (χ4v) is 0. The molecule has 0 amide bonds. The molecular formula is C3HSe+. The molecule has 4 heavy (non-hydrogen) atoms. The predicted molar refractivity (Wildman–Crippen MR) is 19.6 cm³/mol. The Balaban J connectivity index is 2.92. The van der Waals surface area contributed by atoms with Crippen molar-refractivity contribution in [1.82, 2.24) is 0 Å². The summed E-state index contributed by atoms with van der Waals surface area (Å²) >= 11 is 2.41. The van der Waals surface area contributed by atoms with E-state index in [0.717, 1.165) is 0 Å².